The van der Waals surface area contributed by atoms with Gasteiger partial charge in [-0.05, 0) is 66.8 Å². The molecule has 30 heavy (non-hydrogen) atoms. The van der Waals surface area contributed by atoms with E-state index in [4.69, 9.17) is 4.74 Å². The molecule has 2 aromatic heterocycles. The average Bonchev–Trinajstić information content (AvgIpc) is 3.00. The minimum absolute atomic E-state index is 0.903. The molecule has 0 aliphatic carbocycles. The topological polar surface area (TPSA) is 30.9 Å². The Morgan fingerprint density at radius 2 is 1.57 bits per heavy atom. The summed E-state index contributed by atoms with van der Waals surface area (Å²) in [6.07, 6.45) is 10.7. The van der Waals surface area contributed by atoms with Crippen molar-refractivity contribution in [2.45, 2.75) is 32.2 Å². The largest absolute Gasteiger partial charge is 0.492 e. The number of hydrogen-bond acceptors (Lipinski definition) is 2. The van der Waals surface area contributed by atoms with Crippen molar-refractivity contribution in [1.29, 1.82) is 0 Å². The van der Waals surface area contributed by atoms with Crippen LogP contribution in [0, 0.1) is 0 Å². The van der Waals surface area contributed by atoms with Crippen molar-refractivity contribution < 1.29 is 9.30 Å². The summed E-state index contributed by atoms with van der Waals surface area (Å²) in [7, 11) is 1.74. The maximum Gasteiger partial charge on any atom is 0.262 e. The van der Waals surface area contributed by atoms with Crippen molar-refractivity contribution >= 4 is 0 Å². The van der Waals surface area contributed by atoms with E-state index in [0.717, 1.165) is 24.4 Å². The minimum Gasteiger partial charge on any atom is -0.492 e. The number of fused-ring (bicyclic) bond motifs is 1. The number of ether oxygens (including phenoxy) is 1. The summed E-state index contributed by atoms with van der Waals surface area (Å²) in [6, 6.07) is 21.2. The molecule has 0 radical (unpaired) electrons. The third-order valence-electron chi connectivity index (χ3n) is 5.95. The lowest BCUT2D eigenvalue weighted by Crippen LogP contribution is -2.34. The molecule has 0 saturated carbocycles. The SMILES string of the molecule is COc1ccccc1-[n+]1cc(-c2ccc(-c3ccncc3)cc2)n2c1CCCCC2. The zero-order valence-electron chi connectivity index (χ0n) is 17.3. The Hall–Kier alpha value is -3.40. The highest BCUT2D eigenvalue weighted by atomic mass is 16.5. The third kappa shape index (κ3) is 3.39. The molecule has 4 heteroatoms. The lowest BCUT2D eigenvalue weighted by molar-refractivity contribution is -0.604. The first-order valence-corrected chi connectivity index (χ1v) is 10.6. The molecule has 3 heterocycles. The molecule has 0 amide bonds. The molecule has 4 nitrogen and oxygen atoms in total. The van der Waals surface area contributed by atoms with Crippen molar-refractivity contribution in [1.82, 2.24) is 9.55 Å². The van der Waals surface area contributed by atoms with Gasteiger partial charge in [0.25, 0.3) is 5.82 Å². The highest BCUT2D eigenvalue weighted by Crippen LogP contribution is 2.29. The minimum atomic E-state index is 0.903. The number of pyridine rings is 1. The van der Waals surface area contributed by atoms with Crippen molar-refractivity contribution in [2.75, 3.05) is 7.11 Å². The van der Waals surface area contributed by atoms with Crippen LogP contribution in [0.15, 0.2) is 79.3 Å². The molecule has 0 N–H and O–H groups in total. The normalized spacial score (nSPS) is 13.5. The predicted molar refractivity (Wildman–Crippen MR) is 119 cm³/mol. The first kappa shape index (κ1) is 18.6. The highest BCUT2D eigenvalue weighted by Gasteiger charge is 2.28. The van der Waals surface area contributed by atoms with Gasteiger partial charge >= 0.3 is 0 Å². The van der Waals surface area contributed by atoms with Crippen LogP contribution in [-0.2, 0) is 13.0 Å². The van der Waals surface area contributed by atoms with E-state index in [1.807, 2.05) is 36.7 Å². The number of rotatable bonds is 4. The first-order valence-electron chi connectivity index (χ1n) is 10.6. The molecule has 0 atom stereocenters. The molecular weight excluding hydrogens is 370 g/mol. The zero-order chi connectivity index (χ0) is 20.3. The van der Waals surface area contributed by atoms with Crippen molar-refractivity contribution in [3.8, 4) is 33.8 Å². The molecule has 0 fully saturated rings. The molecule has 0 unspecified atom stereocenters. The van der Waals surface area contributed by atoms with Gasteiger partial charge in [0.1, 0.15) is 6.20 Å². The number of aromatic nitrogens is 3. The Balaban J connectivity index is 1.61. The van der Waals surface area contributed by atoms with E-state index in [-0.39, 0.29) is 0 Å². The standard InChI is InChI=1S/C26H26N3O/c1-30-25-8-5-4-7-23(25)29-19-24(28-18-6-2-3-9-26(28)29)22-12-10-20(11-13-22)21-14-16-27-17-15-21/h4-5,7-8,10-17,19H,2-3,6,9,18H2,1H3/q+1. The lowest BCUT2D eigenvalue weighted by atomic mass is 10.0. The van der Waals surface area contributed by atoms with Crippen molar-refractivity contribution in [3.63, 3.8) is 0 Å². The Labute approximate surface area is 177 Å². The van der Waals surface area contributed by atoms with Gasteiger partial charge in [-0.3, -0.25) is 4.98 Å². The van der Waals surface area contributed by atoms with E-state index in [2.05, 4.69) is 56.7 Å². The highest BCUT2D eigenvalue weighted by molar-refractivity contribution is 5.68. The fourth-order valence-electron chi connectivity index (χ4n) is 4.42. The van der Waals surface area contributed by atoms with Crippen LogP contribution < -0.4 is 9.30 Å². The van der Waals surface area contributed by atoms with Crippen LogP contribution in [0.5, 0.6) is 5.75 Å². The van der Waals surface area contributed by atoms with Crippen molar-refractivity contribution in [2.24, 2.45) is 0 Å². The van der Waals surface area contributed by atoms with Gasteiger partial charge in [-0.25, -0.2) is 4.57 Å². The van der Waals surface area contributed by atoms with Gasteiger partial charge in [0.2, 0.25) is 0 Å². The average molecular weight is 397 g/mol. The molecule has 1 aliphatic heterocycles. The summed E-state index contributed by atoms with van der Waals surface area (Å²) in [6.45, 7) is 1.05. The summed E-state index contributed by atoms with van der Waals surface area (Å²) in [5.41, 5.74) is 6.00. The van der Waals surface area contributed by atoms with Crippen LogP contribution in [-0.4, -0.2) is 16.7 Å². The molecular formula is C26H26N3O+. The van der Waals surface area contributed by atoms with Crippen LogP contribution in [0.25, 0.3) is 28.1 Å². The van der Waals surface area contributed by atoms with Gasteiger partial charge in [0.05, 0.1) is 13.7 Å². The summed E-state index contributed by atoms with van der Waals surface area (Å²) >= 11 is 0. The van der Waals surface area contributed by atoms with Gasteiger partial charge < -0.3 is 4.74 Å². The number of nitrogens with zero attached hydrogens (tertiary/aromatic N) is 3. The predicted octanol–water partition coefficient (Wildman–Crippen LogP) is 5.23. The fourth-order valence-corrected chi connectivity index (χ4v) is 4.42. The smallest absolute Gasteiger partial charge is 0.262 e. The van der Waals surface area contributed by atoms with Gasteiger partial charge in [-0.1, -0.05) is 24.3 Å². The van der Waals surface area contributed by atoms with Crippen LogP contribution in [0.4, 0.5) is 0 Å². The lowest BCUT2D eigenvalue weighted by Gasteiger charge is -2.06. The number of methoxy groups -OCH3 is 1. The quantitative estimate of drug-likeness (QED) is 0.442. The monoisotopic (exact) mass is 396 g/mol. The van der Waals surface area contributed by atoms with E-state index in [1.165, 1.54) is 47.5 Å². The van der Waals surface area contributed by atoms with Gasteiger partial charge in [0, 0.05) is 24.4 Å². The van der Waals surface area contributed by atoms with E-state index in [9.17, 15) is 0 Å². The molecule has 1 aliphatic rings. The fraction of sp³-hybridized carbons (Fsp3) is 0.231. The first-order chi connectivity index (χ1) is 14.8. The maximum atomic E-state index is 5.67. The molecule has 5 rings (SSSR count). The summed E-state index contributed by atoms with van der Waals surface area (Å²) in [5.74, 6) is 2.25. The molecule has 150 valence electrons. The number of para-hydroxylation sites is 2. The van der Waals surface area contributed by atoms with Gasteiger partial charge in [-0.15, -0.1) is 0 Å². The second-order valence-corrected chi connectivity index (χ2v) is 7.75. The van der Waals surface area contributed by atoms with E-state index in [1.54, 1.807) is 7.11 Å². The van der Waals surface area contributed by atoms with E-state index in [0.29, 0.717) is 0 Å². The van der Waals surface area contributed by atoms with E-state index >= 15 is 0 Å². The van der Waals surface area contributed by atoms with E-state index < -0.39 is 0 Å². The number of benzene rings is 2. The summed E-state index contributed by atoms with van der Waals surface area (Å²) in [4.78, 5) is 4.12. The molecule has 0 bridgehead atoms. The Bertz CT molecular complexity index is 1150. The molecule has 2 aromatic carbocycles. The molecule has 0 saturated heterocycles. The van der Waals surface area contributed by atoms with Crippen LogP contribution in [0.3, 0.4) is 0 Å². The third-order valence-corrected chi connectivity index (χ3v) is 5.95. The zero-order valence-corrected chi connectivity index (χ0v) is 17.3. The Kier molecular flexibility index (Phi) is 5.06. The van der Waals surface area contributed by atoms with Crippen LogP contribution in [0.2, 0.25) is 0 Å². The summed E-state index contributed by atoms with van der Waals surface area (Å²) < 4.78 is 10.5. The second kappa shape index (κ2) is 8.15. The maximum absolute atomic E-state index is 5.67. The number of hydrogen-bond donors (Lipinski definition) is 0. The Morgan fingerprint density at radius 1 is 0.833 bits per heavy atom. The van der Waals surface area contributed by atoms with Crippen molar-refractivity contribution in [3.05, 3.63) is 85.1 Å². The Morgan fingerprint density at radius 3 is 2.37 bits per heavy atom. The molecule has 4 aromatic rings. The summed E-state index contributed by atoms with van der Waals surface area (Å²) in [5, 5.41) is 0. The second-order valence-electron chi connectivity index (χ2n) is 7.75. The van der Waals surface area contributed by atoms with Gasteiger partial charge in [-0.2, -0.15) is 4.57 Å². The number of imidazole rings is 1. The molecule has 0 spiro atoms. The van der Waals surface area contributed by atoms with Crippen LogP contribution in [0.1, 0.15) is 25.1 Å². The van der Waals surface area contributed by atoms with Crippen LogP contribution >= 0.6 is 0 Å². The van der Waals surface area contributed by atoms with Gasteiger partial charge in [0.15, 0.2) is 17.1 Å².